The predicted octanol–water partition coefficient (Wildman–Crippen LogP) is 4.78. The Kier molecular flexibility index (Phi) is 7.33. The molecule has 0 unspecified atom stereocenters. The third-order valence-electron chi connectivity index (χ3n) is 4.72. The van der Waals surface area contributed by atoms with Crippen LogP contribution in [0.15, 0.2) is 46.9 Å². The largest absolute Gasteiger partial charge is 0.497 e. The number of methoxy groups -OCH3 is 1. The average molecular weight is 444 g/mol. The zero-order chi connectivity index (χ0) is 21.7. The lowest BCUT2D eigenvalue weighted by Gasteiger charge is -2.10. The van der Waals surface area contributed by atoms with Gasteiger partial charge in [0.1, 0.15) is 10.6 Å². The van der Waals surface area contributed by atoms with E-state index in [4.69, 9.17) is 9.72 Å². The van der Waals surface area contributed by atoms with Gasteiger partial charge in [-0.15, -0.1) is 17.9 Å². The molecule has 3 aromatic rings. The number of fused-ring (bicyclic) bond motifs is 1. The molecule has 0 aliphatic carbocycles. The molecule has 0 radical (unpaired) electrons. The highest BCUT2D eigenvalue weighted by Crippen LogP contribution is 2.28. The van der Waals surface area contributed by atoms with Crippen molar-refractivity contribution in [2.45, 2.75) is 38.4 Å². The number of aryl methyl sites for hydroxylation is 2. The Balaban J connectivity index is 1.62. The molecule has 1 aromatic carbocycles. The van der Waals surface area contributed by atoms with Gasteiger partial charge in [-0.25, -0.2) is 4.98 Å². The van der Waals surface area contributed by atoms with E-state index in [1.54, 1.807) is 41.2 Å². The Morgan fingerprint density at radius 3 is 2.73 bits per heavy atom. The third-order valence-corrected chi connectivity index (χ3v) is 6.88. The number of allylic oxidation sites excluding steroid dienone is 1. The Labute approximate surface area is 184 Å². The summed E-state index contributed by atoms with van der Waals surface area (Å²) in [5, 5.41) is 4.25. The summed E-state index contributed by atoms with van der Waals surface area (Å²) in [5.74, 6) is 1.39. The molecule has 2 aromatic heterocycles. The second kappa shape index (κ2) is 9.95. The van der Waals surface area contributed by atoms with E-state index in [0.717, 1.165) is 26.7 Å². The van der Waals surface area contributed by atoms with E-state index in [1.807, 2.05) is 26.0 Å². The van der Waals surface area contributed by atoms with E-state index in [1.165, 1.54) is 11.8 Å². The highest BCUT2D eigenvalue weighted by molar-refractivity contribution is 7.99. The van der Waals surface area contributed by atoms with Gasteiger partial charge in [0.2, 0.25) is 5.91 Å². The maximum atomic E-state index is 13.0. The predicted molar refractivity (Wildman–Crippen MR) is 125 cm³/mol. The average Bonchev–Trinajstić information content (AvgIpc) is 3.02. The van der Waals surface area contributed by atoms with E-state index < -0.39 is 0 Å². The number of benzene rings is 1. The van der Waals surface area contributed by atoms with Crippen LogP contribution in [0.5, 0.6) is 5.75 Å². The van der Waals surface area contributed by atoms with Crippen molar-refractivity contribution in [1.82, 2.24) is 9.55 Å². The quantitative estimate of drug-likeness (QED) is 0.223. The molecule has 0 atom stereocenters. The van der Waals surface area contributed by atoms with Crippen LogP contribution in [0.1, 0.15) is 23.3 Å². The van der Waals surface area contributed by atoms with E-state index in [0.29, 0.717) is 35.7 Å². The number of ether oxygens (including phenoxy) is 1. The number of aromatic nitrogens is 2. The number of nitrogens with zero attached hydrogens (tertiary/aromatic N) is 2. The minimum Gasteiger partial charge on any atom is -0.497 e. The van der Waals surface area contributed by atoms with Crippen molar-refractivity contribution in [1.29, 1.82) is 0 Å². The first-order valence-corrected chi connectivity index (χ1v) is 11.4. The molecule has 3 rings (SSSR count). The number of thioether (sulfide) groups is 1. The van der Waals surface area contributed by atoms with E-state index >= 15 is 0 Å². The number of carbonyl (C=O) groups excluding carboxylic acids is 1. The summed E-state index contributed by atoms with van der Waals surface area (Å²) >= 11 is 3.04. The van der Waals surface area contributed by atoms with Crippen molar-refractivity contribution in [3.63, 3.8) is 0 Å². The number of carbonyl (C=O) groups is 1. The summed E-state index contributed by atoms with van der Waals surface area (Å²) in [6, 6.07) is 7.23. The molecule has 0 fully saturated rings. The van der Waals surface area contributed by atoms with Crippen LogP contribution in [0.2, 0.25) is 0 Å². The first-order chi connectivity index (χ1) is 14.4. The normalized spacial score (nSPS) is 10.9. The van der Waals surface area contributed by atoms with E-state index in [-0.39, 0.29) is 11.5 Å². The smallest absolute Gasteiger partial charge is 0.263 e. The fraction of sp³-hybridized carbons (Fsp3) is 0.318. The number of thiophene rings is 1. The maximum Gasteiger partial charge on any atom is 0.263 e. The molecule has 0 saturated heterocycles. The zero-order valence-electron chi connectivity index (χ0n) is 17.4. The Bertz CT molecular complexity index is 1120. The molecular formula is C22H25N3O3S2. The SMILES string of the molecule is C=CCn1c(SCCCC(=O)Nc2ccc(OC)cc2)nc2sc(C)c(C)c2c1=O. The minimum absolute atomic E-state index is 0.0264. The summed E-state index contributed by atoms with van der Waals surface area (Å²) < 4.78 is 6.78. The second-order valence-electron chi connectivity index (χ2n) is 6.79. The van der Waals surface area contributed by atoms with Gasteiger partial charge in [-0.3, -0.25) is 14.2 Å². The minimum atomic E-state index is -0.0443. The van der Waals surface area contributed by atoms with Crippen molar-refractivity contribution in [3.05, 3.63) is 57.7 Å². The summed E-state index contributed by atoms with van der Waals surface area (Å²) in [6.07, 6.45) is 2.77. The van der Waals surface area contributed by atoms with Gasteiger partial charge < -0.3 is 10.1 Å². The van der Waals surface area contributed by atoms with Crippen LogP contribution in [0.25, 0.3) is 10.2 Å². The molecule has 1 amide bonds. The summed E-state index contributed by atoms with van der Waals surface area (Å²) in [5.41, 5.74) is 1.71. The van der Waals surface area contributed by atoms with Gasteiger partial charge in [-0.1, -0.05) is 17.8 Å². The van der Waals surface area contributed by atoms with E-state index in [2.05, 4.69) is 11.9 Å². The Morgan fingerprint density at radius 1 is 1.33 bits per heavy atom. The van der Waals surface area contributed by atoms with Crippen LogP contribution in [-0.2, 0) is 11.3 Å². The Hall–Kier alpha value is -2.58. The molecule has 8 heteroatoms. The first-order valence-electron chi connectivity index (χ1n) is 9.62. The molecule has 0 bridgehead atoms. The van der Waals surface area contributed by atoms with Crippen molar-refractivity contribution in [3.8, 4) is 5.75 Å². The van der Waals surface area contributed by atoms with Gasteiger partial charge in [-0.2, -0.15) is 0 Å². The van der Waals surface area contributed by atoms with Crippen molar-refractivity contribution >= 4 is 44.9 Å². The number of nitrogens with one attached hydrogen (secondary N) is 1. The van der Waals surface area contributed by atoms with Gasteiger partial charge >= 0.3 is 0 Å². The van der Waals surface area contributed by atoms with Gasteiger partial charge in [0, 0.05) is 29.3 Å². The first kappa shape index (κ1) is 22.1. The van der Waals surface area contributed by atoms with Crippen LogP contribution < -0.4 is 15.6 Å². The zero-order valence-corrected chi connectivity index (χ0v) is 19.0. The Morgan fingerprint density at radius 2 is 2.07 bits per heavy atom. The molecule has 2 heterocycles. The van der Waals surface area contributed by atoms with Crippen LogP contribution in [0.3, 0.4) is 0 Å². The van der Waals surface area contributed by atoms with Gasteiger partial charge in [-0.05, 0) is 50.1 Å². The molecule has 30 heavy (non-hydrogen) atoms. The van der Waals surface area contributed by atoms with Gasteiger partial charge in [0.25, 0.3) is 5.56 Å². The molecule has 0 aliphatic heterocycles. The summed E-state index contributed by atoms with van der Waals surface area (Å²) in [4.78, 5) is 31.7. The highest BCUT2D eigenvalue weighted by atomic mass is 32.2. The fourth-order valence-corrected chi connectivity index (χ4v) is 5.02. The summed E-state index contributed by atoms with van der Waals surface area (Å²) in [6.45, 7) is 8.14. The monoisotopic (exact) mass is 443 g/mol. The highest BCUT2D eigenvalue weighted by Gasteiger charge is 2.16. The number of rotatable bonds is 9. The van der Waals surface area contributed by atoms with Crippen molar-refractivity contribution < 1.29 is 9.53 Å². The second-order valence-corrected chi connectivity index (χ2v) is 9.06. The van der Waals surface area contributed by atoms with Crippen molar-refractivity contribution in [2.75, 3.05) is 18.2 Å². The van der Waals surface area contributed by atoms with Crippen LogP contribution in [-0.4, -0.2) is 28.3 Å². The lowest BCUT2D eigenvalue weighted by molar-refractivity contribution is -0.116. The van der Waals surface area contributed by atoms with E-state index in [9.17, 15) is 9.59 Å². The molecular weight excluding hydrogens is 418 g/mol. The van der Waals surface area contributed by atoms with Crippen molar-refractivity contribution in [2.24, 2.45) is 0 Å². The number of hydrogen-bond acceptors (Lipinski definition) is 6. The van der Waals surface area contributed by atoms with Gasteiger partial charge in [0.05, 0.1) is 12.5 Å². The lowest BCUT2D eigenvalue weighted by atomic mass is 10.2. The maximum absolute atomic E-state index is 13.0. The third kappa shape index (κ3) is 4.94. The molecule has 0 aliphatic rings. The molecule has 6 nitrogen and oxygen atoms in total. The summed E-state index contributed by atoms with van der Waals surface area (Å²) in [7, 11) is 1.60. The fourth-order valence-electron chi connectivity index (χ4n) is 3.00. The molecule has 0 saturated carbocycles. The van der Waals surface area contributed by atoms with Crippen LogP contribution >= 0.6 is 23.1 Å². The number of hydrogen-bond donors (Lipinski definition) is 1. The van der Waals surface area contributed by atoms with Gasteiger partial charge in [0.15, 0.2) is 5.16 Å². The van der Waals surface area contributed by atoms with Crippen LogP contribution in [0.4, 0.5) is 5.69 Å². The lowest BCUT2D eigenvalue weighted by Crippen LogP contribution is -2.22. The topological polar surface area (TPSA) is 73.2 Å². The number of anilines is 1. The number of amides is 1. The van der Waals surface area contributed by atoms with Crippen LogP contribution in [0, 0.1) is 13.8 Å². The molecule has 1 N–H and O–H groups in total. The molecule has 158 valence electrons. The molecule has 0 spiro atoms. The standard InChI is InChI=1S/C22H25N3O3S2/c1-5-12-25-21(27)19-14(2)15(3)30-20(19)24-22(25)29-13-6-7-18(26)23-16-8-10-17(28-4)11-9-16/h5,8-11H,1,6-7,12-13H2,2-4H3,(H,23,26).